The molecule has 0 aliphatic rings. The molecule has 0 fully saturated rings. The van der Waals surface area contributed by atoms with Crippen molar-refractivity contribution in [1.29, 1.82) is 0 Å². The molecule has 0 bridgehead atoms. The van der Waals surface area contributed by atoms with Crippen LogP contribution in [0.2, 0.25) is 0 Å². The second-order valence-corrected chi connectivity index (χ2v) is 3.49. The van der Waals surface area contributed by atoms with Crippen molar-refractivity contribution in [2.45, 2.75) is 6.23 Å². The average molecular weight is 268 g/mol. The van der Waals surface area contributed by atoms with Crippen LogP contribution < -0.4 is 5.32 Å². The second-order valence-electron chi connectivity index (χ2n) is 2.33. The molecule has 1 heterocycles. The van der Waals surface area contributed by atoms with E-state index >= 15 is 0 Å². The number of hydrogen-bond donors (Lipinski definition) is 3. The monoisotopic (exact) mass is 266 g/mol. The number of pyridine rings is 1. The summed E-state index contributed by atoms with van der Waals surface area (Å²) >= 11 is 8.46. The molecule has 1 unspecified atom stereocenters. The molecule has 6 heteroatoms. The number of rotatable bonds is 3. The second kappa shape index (κ2) is 4.64. The van der Waals surface area contributed by atoms with Gasteiger partial charge in [-0.15, -0.1) is 11.6 Å². The Morgan fingerprint density at radius 2 is 2.31 bits per heavy atom. The molecule has 1 aromatic heterocycles. The fraction of sp³-hybridized carbons (Fsp3) is 0.286. The number of alkyl halides is 1. The fourth-order valence-electron chi connectivity index (χ4n) is 0.752. The van der Waals surface area contributed by atoms with Crippen molar-refractivity contribution in [3.63, 3.8) is 0 Å². The number of nitrogens with zero attached hydrogens (tertiary/aromatic N) is 1. The van der Waals surface area contributed by atoms with Gasteiger partial charge in [-0.05, 0) is 15.9 Å². The van der Waals surface area contributed by atoms with Gasteiger partial charge in [0.1, 0.15) is 6.23 Å². The van der Waals surface area contributed by atoms with E-state index in [0.29, 0.717) is 10.2 Å². The SMILES string of the molecule is Oc1c(Br)cncc1NC(O)CCl. The van der Waals surface area contributed by atoms with Crippen LogP contribution in [0.5, 0.6) is 5.75 Å². The zero-order valence-corrected chi connectivity index (χ0v) is 8.88. The van der Waals surface area contributed by atoms with Crippen LogP contribution in [0.25, 0.3) is 0 Å². The van der Waals surface area contributed by atoms with Gasteiger partial charge >= 0.3 is 0 Å². The number of hydrogen-bond acceptors (Lipinski definition) is 4. The van der Waals surface area contributed by atoms with Crippen LogP contribution in [-0.2, 0) is 0 Å². The Hall–Kier alpha value is -0.520. The van der Waals surface area contributed by atoms with Gasteiger partial charge in [0, 0.05) is 6.20 Å². The minimum absolute atomic E-state index is 0.000772. The highest BCUT2D eigenvalue weighted by molar-refractivity contribution is 9.10. The predicted molar refractivity (Wildman–Crippen MR) is 54.0 cm³/mol. The lowest BCUT2D eigenvalue weighted by atomic mass is 10.4. The molecule has 1 atom stereocenters. The van der Waals surface area contributed by atoms with Gasteiger partial charge in [0.15, 0.2) is 5.75 Å². The molecule has 0 spiro atoms. The van der Waals surface area contributed by atoms with E-state index in [1.165, 1.54) is 12.4 Å². The van der Waals surface area contributed by atoms with Crippen LogP contribution in [-0.4, -0.2) is 27.3 Å². The first-order valence-corrected chi connectivity index (χ1v) is 4.81. The number of aliphatic hydroxyl groups is 1. The van der Waals surface area contributed by atoms with Crippen molar-refractivity contribution >= 4 is 33.2 Å². The van der Waals surface area contributed by atoms with Crippen molar-refractivity contribution < 1.29 is 10.2 Å². The van der Waals surface area contributed by atoms with Crippen molar-refractivity contribution in [2.75, 3.05) is 11.2 Å². The third kappa shape index (κ3) is 2.72. The zero-order valence-electron chi connectivity index (χ0n) is 6.54. The number of anilines is 1. The van der Waals surface area contributed by atoms with Crippen LogP contribution in [0.1, 0.15) is 0 Å². The van der Waals surface area contributed by atoms with Crippen molar-refractivity contribution in [3.05, 3.63) is 16.9 Å². The minimum atomic E-state index is -0.899. The summed E-state index contributed by atoms with van der Waals surface area (Å²) in [6, 6.07) is 0. The van der Waals surface area contributed by atoms with Gasteiger partial charge in [0.25, 0.3) is 0 Å². The van der Waals surface area contributed by atoms with Crippen LogP contribution in [0.3, 0.4) is 0 Å². The average Bonchev–Trinajstić information content (AvgIpc) is 2.13. The van der Waals surface area contributed by atoms with Gasteiger partial charge in [-0.25, -0.2) is 0 Å². The van der Waals surface area contributed by atoms with Crippen LogP contribution in [0.15, 0.2) is 16.9 Å². The van der Waals surface area contributed by atoms with E-state index in [1.54, 1.807) is 0 Å². The highest BCUT2D eigenvalue weighted by atomic mass is 79.9. The number of aliphatic hydroxyl groups excluding tert-OH is 1. The maximum absolute atomic E-state index is 9.44. The highest BCUT2D eigenvalue weighted by Crippen LogP contribution is 2.30. The molecule has 0 aromatic carbocycles. The van der Waals surface area contributed by atoms with E-state index in [9.17, 15) is 5.11 Å². The Labute approximate surface area is 88.7 Å². The van der Waals surface area contributed by atoms with E-state index in [4.69, 9.17) is 16.7 Å². The first-order valence-electron chi connectivity index (χ1n) is 3.48. The molecule has 3 N–H and O–H groups in total. The van der Waals surface area contributed by atoms with E-state index in [2.05, 4.69) is 26.2 Å². The Balaban J connectivity index is 2.83. The van der Waals surface area contributed by atoms with Gasteiger partial charge in [0.2, 0.25) is 0 Å². The normalized spacial score (nSPS) is 12.5. The van der Waals surface area contributed by atoms with Crippen LogP contribution in [0.4, 0.5) is 5.69 Å². The lowest BCUT2D eigenvalue weighted by Crippen LogP contribution is -2.20. The Morgan fingerprint density at radius 1 is 1.62 bits per heavy atom. The van der Waals surface area contributed by atoms with E-state index in [1.807, 2.05) is 0 Å². The lowest BCUT2D eigenvalue weighted by molar-refractivity contribution is 0.227. The third-order valence-corrected chi connectivity index (χ3v) is 2.21. The van der Waals surface area contributed by atoms with E-state index in [-0.39, 0.29) is 11.6 Å². The highest BCUT2D eigenvalue weighted by Gasteiger charge is 2.08. The summed E-state index contributed by atoms with van der Waals surface area (Å²) in [5.41, 5.74) is 0.336. The van der Waals surface area contributed by atoms with Crippen LogP contribution in [0, 0.1) is 0 Å². The van der Waals surface area contributed by atoms with Gasteiger partial charge in [-0.3, -0.25) is 4.98 Å². The number of aromatic hydroxyl groups is 1. The maximum Gasteiger partial charge on any atom is 0.156 e. The predicted octanol–water partition coefficient (Wildman–Crippen LogP) is 1.52. The van der Waals surface area contributed by atoms with Gasteiger partial charge < -0.3 is 15.5 Å². The Bertz CT molecular complexity index is 298. The topological polar surface area (TPSA) is 65.4 Å². The molecule has 0 aliphatic carbocycles. The summed E-state index contributed by atoms with van der Waals surface area (Å²) in [6.07, 6.45) is 1.95. The summed E-state index contributed by atoms with van der Waals surface area (Å²) in [5.74, 6) is 0.0329. The van der Waals surface area contributed by atoms with Gasteiger partial charge in [0.05, 0.1) is 22.2 Å². The molecule has 72 valence electrons. The summed E-state index contributed by atoms with van der Waals surface area (Å²) in [7, 11) is 0. The number of halogens is 2. The smallest absolute Gasteiger partial charge is 0.156 e. The third-order valence-electron chi connectivity index (χ3n) is 1.34. The van der Waals surface area contributed by atoms with Gasteiger partial charge in [-0.2, -0.15) is 0 Å². The summed E-state index contributed by atoms with van der Waals surface area (Å²) in [5, 5.41) is 21.1. The Kier molecular flexibility index (Phi) is 3.77. The molecule has 4 nitrogen and oxygen atoms in total. The molecule has 0 radical (unpaired) electrons. The summed E-state index contributed by atoms with van der Waals surface area (Å²) in [6.45, 7) is 0. The molecular weight excluding hydrogens is 259 g/mol. The Morgan fingerprint density at radius 3 is 2.92 bits per heavy atom. The zero-order chi connectivity index (χ0) is 9.84. The summed E-state index contributed by atoms with van der Waals surface area (Å²) < 4.78 is 0.458. The van der Waals surface area contributed by atoms with Gasteiger partial charge in [-0.1, -0.05) is 0 Å². The van der Waals surface area contributed by atoms with Crippen molar-refractivity contribution in [1.82, 2.24) is 4.98 Å². The number of aromatic nitrogens is 1. The fourth-order valence-corrected chi connectivity index (χ4v) is 1.16. The molecule has 1 aromatic rings. The lowest BCUT2D eigenvalue weighted by Gasteiger charge is -2.12. The quantitative estimate of drug-likeness (QED) is 0.574. The maximum atomic E-state index is 9.44. The van der Waals surface area contributed by atoms with E-state index in [0.717, 1.165) is 0 Å². The molecular formula is C7H8BrClN2O2. The van der Waals surface area contributed by atoms with Crippen molar-refractivity contribution in [2.24, 2.45) is 0 Å². The molecule has 0 aliphatic heterocycles. The minimum Gasteiger partial charge on any atom is -0.505 e. The first kappa shape index (κ1) is 10.6. The summed E-state index contributed by atoms with van der Waals surface area (Å²) in [4.78, 5) is 3.81. The molecule has 0 amide bonds. The molecule has 13 heavy (non-hydrogen) atoms. The largest absolute Gasteiger partial charge is 0.505 e. The van der Waals surface area contributed by atoms with E-state index < -0.39 is 6.23 Å². The standard InChI is InChI=1S/C7H8BrClN2O2/c8-4-2-10-3-5(7(4)13)11-6(12)1-9/h2-3,6,11-12H,1H2,(H,10,13). The molecule has 1 rings (SSSR count). The first-order chi connectivity index (χ1) is 6.15. The van der Waals surface area contributed by atoms with Crippen molar-refractivity contribution in [3.8, 4) is 5.75 Å². The molecule has 0 saturated heterocycles. The number of nitrogens with one attached hydrogen (secondary N) is 1. The van der Waals surface area contributed by atoms with Crippen LogP contribution >= 0.6 is 27.5 Å². The molecule has 0 saturated carbocycles.